The smallest absolute Gasteiger partial charge is 0.307 e. The summed E-state index contributed by atoms with van der Waals surface area (Å²) in [7, 11) is 0. The molecule has 17 atom stereocenters. The Hall–Kier alpha value is -1.64. The first kappa shape index (κ1) is 38.1. The third-order valence-corrected chi connectivity index (χ3v) is 15.6. The number of aliphatic hydroxyl groups excluding tert-OH is 5. The van der Waals surface area contributed by atoms with Crippen molar-refractivity contribution in [1.82, 2.24) is 0 Å². The predicted molar refractivity (Wildman–Crippen MR) is 179 cm³/mol. The number of carboxylic acids is 1. The minimum absolute atomic E-state index is 0.0419. The Balaban J connectivity index is 1.42. The standard InChI is InChI=1S/C38H60O12/c1-18(2)19(3)34(5)13-14-36(7)21-9-10-25-35(6)17-47-33(46)38(25,22(21)11-12-37(36,8)29(34)31(44)45)15-23(48-20(4)40)30(35)50-32-28(43)27(42)26(41)24(16-39)49-32/h11,18-19,21,23-30,32-33,39,41-43,46H,9-10,12-17H2,1-8H3,(H,44,45)/t19-,21+,23-,24?,25+,26-,27+,28?,29-,30+,32+,33?,34-,35?,36-,37+,38+/m1/s1. The molecule has 3 saturated carbocycles. The van der Waals surface area contributed by atoms with Gasteiger partial charge in [-0.3, -0.25) is 9.59 Å². The van der Waals surface area contributed by atoms with E-state index in [4.69, 9.17) is 18.9 Å². The van der Waals surface area contributed by atoms with Crippen molar-refractivity contribution in [3.63, 3.8) is 0 Å². The number of rotatable bonds is 7. The fourth-order valence-electron chi connectivity index (χ4n) is 12.5. The van der Waals surface area contributed by atoms with Crippen LogP contribution >= 0.6 is 0 Å². The highest BCUT2D eigenvalue weighted by Crippen LogP contribution is 2.75. The van der Waals surface area contributed by atoms with Crippen molar-refractivity contribution in [3.8, 4) is 0 Å². The second-order valence-electron chi connectivity index (χ2n) is 18.0. The molecule has 6 aliphatic rings. The number of carboxylic acid groups (broad SMARTS) is 1. The minimum atomic E-state index is -1.65. The van der Waals surface area contributed by atoms with Gasteiger partial charge in [0.25, 0.3) is 0 Å². The number of ether oxygens (including phenoxy) is 4. The van der Waals surface area contributed by atoms with Crippen LogP contribution < -0.4 is 0 Å². The number of fused-ring (bicyclic) bond motifs is 3. The molecule has 5 fully saturated rings. The molecule has 6 N–H and O–H groups in total. The van der Waals surface area contributed by atoms with Gasteiger partial charge in [0.05, 0.1) is 19.1 Å². The van der Waals surface area contributed by atoms with Crippen molar-refractivity contribution in [2.24, 2.45) is 56.7 Å². The molecule has 2 saturated heterocycles. The molecule has 0 amide bonds. The van der Waals surface area contributed by atoms with E-state index in [-0.39, 0.29) is 30.8 Å². The molecule has 0 spiro atoms. The average Bonchev–Trinajstić information content (AvgIpc) is 3.04. The van der Waals surface area contributed by atoms with E-state index < -0.39 is 101 Å². The van der Waals surface area contributed by atoms with E-state index in [1.807, 2.05) is 6.92 Å². The van der Waals surface area contributed by atoms with Crippen molar-refractivity contribution < 1.29 is 59.2 Å². The van der Waals surface area contributed by atoms with Crippen LogP contribution in [0.3, 0.4) is 0 Å². The molecule has 284 valence electrons. The van der Waals surface area contributed by atoms with E-state index >= 15 is 0 Å². The Morgan fingerprint density at radius 3 is 2.26 bits per heavy atom. The van der Waals surface area contributed by atoms with Gasteiger partial charge in [-0.15, -0.1) is 0 Å². The van der Waals surface area contributed by atoms with Crippen LogP contribution in [0.4, 0.5) is 0 Å². The molecule has 4 unspecified atom stereocenters. The monoisotopic (exact) mass is 708 g/mol. The van der Waals surface area contributed by atoms with Crippen LogP contribution in [0, 0.1) is 56.7 Å². The van der Waals surface area contributed by atoms with E-state index in [0.717, 1.165) is 24.8 Å². The zero-order valence-electron chi connectivity index (χ0n) is 30.9. The van der Waals surface area contributed by atoms with Crippen LogP contribution in [0.1, 0.15) is 93.9 Å². The fourth-order valence-corrected chi connectivity index (χ4v) is 12.5. The Labute approximate surface area is 295 Å². The average molecular weight is 709 g/mol. The molecule has 50 heavy (non-hydrogen) atoms. The molecule has 0 aromatic rings. The molecule has 0 radical (unpaired) electrons. The van der Waals surface area contributed by atoms with Gasteiger partial charge in [0.2, 0.25) is 0 Å². The maximum atomic E-state index is 13.4. The summed E-state index contributed by atoms with van der Waals surface area (Å²) in [6, 6.07) is 0. The van der Waals surface area contributed by atoms with Gasteiger partial charge in [0, 0.05) is 24.2 Å². The number of hydrogen-bond acceptors (Lipinski definition) is 11. The molecule has 2 heterocycles. The van der Waals surface area contributed by atoms with Gasteiger partial charge in [-0.2, -0.15) is 0 Å². The number of carbonyl (C=O) groups is 2. The highest BCUT2D eigenvalue weighted by atomic mass is 16.7. The largest absolute Gasteiger partial charge is 0.481 e. The second kappa shape index (κ2) is 12.7. The third-order valence-electron chi connectivity index (χ3n) is 15.6. The zero-order valence-corrected chi connectivity index (χ0v) is 30.9. The highest BCUT2D eigenvalue weighted by Gasteiger charge is 2.74. The molecule has 4 aliphatic carbocycles. The summed E-state index contributed by atoms with van der Waals surface area (Å²) in [5, 5.41) is 64.6. The van der Waals surface area contributed by atoms with Gasteiger partial charge in [-0.05, 0) is 72.0 Å². The third kappa shape index (κ3) is 5.13. The lowest BCUT2D eigenvalue weighted by atomic mass is 9.34. The van der Waals surface area contributed by atoms with Crippen LogP contribution in [-0.4, -0.2) is 105 Å². The second-order valence-corrected chi connectivity index (χ2v) is 18.0. The summed E-state index contributed by atoms with van der Waals surface area (Å²) in [4.78, 5) is 26.1. The maximum Gasteiger partial charge on any atom is 0.307 e. The summed E-state index contributed by atoms with van der Waals surface area (Å²) in [6.45, 7) is 15.8. The Morgan fingerprint density at radius 1 is 0.980 bits per heavy atom. The zero-order chi connectivity index (χ0) is 36.9. The summed E-state index contributed by atoms with van der Waals surface area (Å²) in [5.41, 5.74) is -2.15. The summed E-state index contributed by atoms with van der Waals surface area (Å²) >= 11 is 0. The van der Waals surface area contributed by atoms with Gasteiger partial charge in [0.1, 0.15) is 36.6 Å². The molecule has 12 heteroatoms. The lowest BCUT2D eigenvalue weighted by molar-refractivity contribution is -0.369. The summed E-state index contributed by atoms with van der Waals surface area (Å²) < 4.78 is 24.5. The first-order valence-corrected chi connectivity index (χ1v) is 18.6. The van der Waals surface area contributed by atoms with Gasteiger partial charge in [-0.25, -0.2) is 0 Å². The van der Waals surface area contributed by atoms with Crippen molar-refractivity contribution >= 4 is 11.9 Å². The van der Waals surface area contributed by atoms with E-state index in [0.29, 0.717) is 18.8 Å². The Morgan fingerprint density at radius 2 is 1.66 bits per heavy atom. The van der Waals surface area contributed by atoms with Crippen LogP contribution in [0.25, 0.3) is 0 Å². The lowest BCUT2D eigenvalue weighted by Gasteiger charge is -2.71. The Kier molecular flexibility index (Phi) is 9.71. The number of allylic oxidation sites excluding steroid dienone is 1. The number of hydrogen-bond donors (Lipinski definition) is 6. The van der Waals surface area contributed by atoms with Gasteiger partial charge in [-0.1, -0.05) is 60.1 Å². The van der Waals surface area contributed by atoms with Crippen molar-refractivity contribution in [3.05, 3.63) is 11.6 Å². The van der Waals surface area contributed by atoms with Crippen LogP contribution in [0.15, 0.2) is 11.6 Å². The van der Waals surface area contributed by atoms with E-state index in [9.17, 15) is 40.2 Å². The Bertz CT molecular complexity index is 1370. The molecule has 2 bridgehead atoms. The maximum absolute atomic E-state index is 13.4. The van der Waals surface area contributed by atoms with Crippen LogP contribution in [0.2, 0.25) is 0 Å². The first-order valence-electron chi connectivity index (χ1n) is 18.6. The number of carbonyl (C=O) groups excluding carboxylic acids is 1. The minimum Gasteiger partial charge on any atom is -0.481 e. The molecule has 0 aromatic carbocycles. The first-order chi connectivity index (χ1) is 23.2. The number of aliphatic carboxylic acids is 1. The van der Waals surface area contributed by atoms with Gasteiger partial charge < -0.3 is 49.6 Å². The van der Waals surface area contributed by atoms with Crippen LogP contribution in [0.5, 0.6) is 0 Å². The number of esters is 1. The van der Waals surface area contributed by atoms with Crippen molar-refractivity contribution in [2.75, 3.05) is 13.2 Å². The molecule has 6 rings (SSSR count). The fraction of sp³-hybridized carbons (Fsp3) is 0.895. The SMILES string of the molecule is CC(=O)O[C@@H]1C[C@]23C4=CC[C@@]5(C)[C@H](C(=O)O)[C@@](C)([C@H](C)C(C)C)CC[C@]5(C)[C@H]4CC[C@H]2C(C)(COC3O)[C@H]1O[C@@H]1OC(CO)[C@@H](O)[C@H](O)C1O. The van der Waals surface area contributed by atoms with Gasteiger partial charge in [0.15, 0.2) is 12.6 Å². The summed E-state index contributed by atoms with van der Waals surface area (Å²) in [6.07, 6.45) is -4.59. The van der Waals surface area contributed by atoms with Crippen molar-refractivity contribution in [2.45, 2.75) is 143 Å². The van der Waals surface area contributed by atoms with E-state index in [1.165, 1.54) is 6.92 Å². The molecule has 12 nitrogen and oxygen atoms in total. The normalized spacial score (nSPS) is 52.2. The van der Waals surface area contributed by atoms with Crippen molar-refractivity contribution in [1.29, 1.82) is 0 Å². The summed E-state index contributed by atoms with van der Waals surface area (Å²) in [5.74, 6) is -1.61. The lowest BCUT2D eigenvalue weighted by Crippen LogP contribution is -2.73. The molecular weight excluding hydrogens is 648 g/mol. The van der Waals surface area contributed by atoms with Gasteiger partial charge >= 0.3 is 11.9 Å². The molecule has 0 aromatic heterocycles. The quantitative estimate of drug-likeness (QED) is 0.129. The molecular formula is C38H60O12. The number of aliphatic hydroxyl groups is 5. The predicted octanol–water partition coefficient (Wildman–Crippen LogP) is 3.01. The highest BCUT2D eigenvalue weighted by molar-refractivity contribution is 5.73. The van der Waals surface area contributed by atoms with E-state index in [2.05, 4.69) is 47.6 Å². The van der Waals surface area contributed by atoms with E-state index in [1.54, 1.807) is 0 Å². The van der Waals surface area contributed by atoms with Crippen LogP contribution in [-0.2, 0) is 28.5 Å². The molecule has 2 aliphatic heterocycles. The topological polar surface area (TPSA) is 192 Å².